The van der Waals surface area contributed by atoms with Crippen molar-refractivity contribution < 1.29 is 4.42 Å². The van der Waals surface area contributed by atoms with E-state index in [4.69, 9.17) is 4.42 Å². The molecule has 0 saturated heterocycles. The van der Waals surface area contributed by atoms with Crippen molar-refractivity contribution in [2.45, 2.75) is 19.3 Å². The first-order valence-corrected chi connectivity index (χ1v) is 16.7. The normalized spacial score (nSPS) is 13.6. The number of rotatable bonds is 3. The highest BCUT2D eigenvalue weighted by atomic mass is 32.1. The Hall–Kier alpha value is -5.38. The average Bonchev–Trinajstić information content (AvgIpc) is 3.71. The molecule has 2 aromatic heterocycles. The van der Waals surface area contributed by atoms with E-state index in [0.29, 0.717) is 0 Å². The third-order valence-corrected chi connectivity index (χ3v) is 11.2. The molecular formula is C43H29NOS. The molecule has 10 rings (SSSR count). The maximum atomic E-state index is 6.49. The molecule has 46 heavy (non-hydrogen) atoms. The number of hydrogen-bond donors (Lipinski definition) is 0. The number of nitrogens with zero attached hydrogens (tertiary/aromatic N) is 1. The molecule has 0 fully saturated rings. The molecular weight excluding hydrogens is 579 g/mol. The summed E-state index contributed by atoms with van der Waals surface area (Å²) < 4.78 is 9.08. The van der Waals surface area contributed by atoms with Crippen molar-refractivity contribution in [2.75, 3.05) is 4.90 Å². The topological polar surface area (TPSA) is 16.4 Å². The van der Waals surface area contributed by atoms with E-state index in [2.05, 4.69) is 158 Å². The minimum Gasteiger partial charge on any atom is -0.456 e. The van der Waals surface area contributed by atoms with Crippen molar-refractivity contribution in [3.63, 3.8) is 0 Å². The van der Waals surface area contributed by atoms with Gasteiger partial charge in [0.15, 0.2) is 0 Å². The molecule has 0 aliphatic heterocycles. The number of hydrogen-bond acceptors (Lipinski definition) is 3. The van der Waals surface area contributed by atoms with Crippen LogP contribution < -0.4 is 4.90 Å². The first-order valence-electron chi connectivity index (χ1n) is 15.8. The fraction of sp³-hybridized carbons (Fsp3) is 0.0698. The standard InChI is InChI=1S/C43H29NOS/c1-43(2)36-15-9-8-14-31(36)32-18-16-30(25-37(32)43)44(28-12-4-3-5-13-28)29-17-20-38-35(24-29)41-39(45-38)21-19-33-34-22-26-10-6-7-11-27(26)23-40(34)46-42(33)41/h3-25H,1-2H3. The summed E-state index contributed by atoms with van der Waals surface area (Å²) in [5.41, 5.74) is 10.6. The van der Waals surface area contributed by atoms with Gasteiger partial charge in [-0.2, -0.15) is 0 Å². The summed E-state index contributed by atoms with van der Waals surface area (Å²) in [5, 5.41) is 7.47. The first kappa shape index (κ1) is 25.9. The van der Waals surface area contributed by atoms with Crippen LogP contribution in [0, 0.1) is 0 Å². The summed E-state index contributed by atoms with van der Waals surface area (Å²) in [6, 6.07) is 50.9. The van der Waals surface area contributed by atoms with E-state index in [0.717, 1.165) is 33.6 Å². The highest BCUT2D eigenvalue weighted by Crippen LogP contribution is 2.51. The van der Waals surface area contributed by atoms with Crippen LogP contribution in [0.2, 0.25) is 0 Å². The fourth-order valence-electron chi connectivity index (χ4n) is 7.76. The number of benzene rings is 7. The van der Waals surface area contributed by atoms with Crippen LogP contribution in [0.25, 0.3) is 64.0 Å². The van der Waals surface area contributed by atoms with Gasteiger partial charge in [0.1, 0.15) is 11.2 Å². The largest absolute Gasteiger partial charge is 0.456 e. The summed E-state index contributed by atoms with van der Waals surface area (Å²) in [6.07, 6.45) is 0. The molecule has 0 N–H and O–H groups in total. The number of anilines is 3. The minimum atomic E-state index is -0.0768. The number of para-hydroxylation sites is 1. The van der Waals surface area contributed by atoms with Gasteiger partial charge in [0.05, 0.1) is 0 Å². The maximum absolute atomic E-state index is 6.49. The summed E-state index contributed by atoms with van der Waals surface area (Å²) in [4.78, 5) is 2.38. The Morgan fingerprint density at radius 2 is 1.22 bits per heavy atom. The third kappa shape index (κ3) is 3.58. The predicted molar refractivity (Wildman–Crippen MR) is 196 cm³/mol. The quantitative estimate of drug-likeness (QED) is 0.199. The van der Waals surface area contributed by atoms with E-state index in [1.54, 1.807) is 0 Å². The van der Waals surface area contributed by atoms with Crippen LogP contribution >= 0.6 is 11.3 Å². The zero-order chi connectivity index (χ0) is 30.6. The lowest BCUT2D eigenvalue weighted by atomic mass is 9.82. The Morgan fingerprint density at radius 1 is 0.522 bits per heavy atom. The molecule has 0 saturated carbocycles. The van der Waals surface area contributed by atoms with E-state index in [9.17, 15) is 0 Å². The highest BCUT2D eigenvalue weighted by Gasteiger charge is 2.35. The molecule has 0 spiro atoms. The van der Waals surface area contributed by atoms with Gasteiger partial charge in [-0.25, -0.2) is 0 Å². The Labute approximate surface area is 270 Å². The van der Waals surface area contributed by atoms with Gasteiger partial charge in [0, 0.05) is 53.4 Å². The molecule has 9 aromatic rings. The monoisotopic (exact) mass is 607 g/mol. The predicted octanol–water partition coefficient (Wildman–Crippen LogP) is 12.9. The molecule has 1 aliphatic rings. The molecule has 218 valence electrons. The zero-order valence-electron chi connectivity index (χ0n) is 25.5. The lowest BCUT2D eigenvalue weighted by Crippen LogP contribution is -2.16. The van der Waals surface area contributed by atoms with Gasteiger partial charge >= 0.3 is 0 Å². The Bertz CT molecular complexity index is 2680. The Kier molecular flexibility index (Phi) is 5.25. The van der Waals surface area contributed by atoms with Crippen molar-refractivity contribution in [1.82, 2.24) is 0 Å². The zero-order valence-corrected chi connectivity index (χ0v) is 26.4. The summed E-state index contributed by atoms with van der Waals surface area (Å²) in [7, 11) is 0. The fourth-order valence-corrected chi connectivity index (χ4v) is 9.05. The molecule has 0 atom stereocenters. The third-order valence-electron chi connectivity index (χ3n) is 10.0. The van der Waals surface area contributed by atoms with Crippen molar-refractivity contribution >= 4 is 81.3 Å². The molecule has 2 nitrogen and oxygen atoms in total. The molecule has 7 aromatic carbocycles. The minimum absolute atomic E-state index is 0.0768. The van der Waals surface area contributed by atoms with E-state index in [-0.39, 0.29) is 5.41 Å². The van der Waals surface area contributed by atoms with Crippen LogP contribution in [0.4, 0.5) is 17.1 Å². The first-order chi connectivity index (χ1) is 22.5. The van der Waals surface area contributed by atoms with Crippen molar-refractivity contribution in [3.8, 4) is 11.1 Å². The summed E-state index contributed by atoms with van der Waals surface area (Å²) in [6.45, 7) is 4.69. The van der Waals surface area contributed by atoms with E-state index in [1.165, 1.54) is 58.6 Å². The van der Waals surface area contributed by atoms with E-state index < -0.39 is 0 Å². The molecule has 3 heteroatoms. The maximum Gasteiger partial charge on any atom is 0.136 e. The Balaban J connectivity index is 1.20. The second-order valence-corrected chi connectivity index (χ2v) is 14.0. The van der Waals surface area contributed by atoms with Crippen molar-refractivity contribution in [3.05, 3.63) is 151 Å². The van der Waals surface area contributed by atoms with Gasteiger partial charge in [0.25, 0.3) is 0 Å². The SMILES string of the molecule is CC1(C)c2ccccc2-c2ccc(N(c3ccccc3)c3ccc4oc5ccc6c7cc8ccccc8cc7sc6c5c4c3)cc21. The van der Waals surface area contributed by atoms with Gasteiger partial charge in [-0.15, -0.1) is 11.3 Å². The molecule has 0 bridgehead atoms. The van der Waals surface area contributed by atoms with Crippen molar-refractivity contribution in [2.24, 2.45) is 0 Å². The molecule has 0 amide bonds. The number of thiophene rings is 1. The number of fused-ring (bicyclic) bond motifs is 11. The van der Waals surface area contributed by atoms with Crippen LogP contribution in [0.3, 0.4) is 0 Å². The van der Waals surface area contributed by atoms with Gasteiger partial charge in [0.2, 0.25) is 0 Å². The average molecular weight is 608 g/mol. The van der Waals surface area contributed by atoms with Gasteiger partial charge < -0.3 is 9.32 Å². The van der Waals surface area contributed by atoms with Crippen LogP contribution in [0.5, 0.6) is 0 Å². The lowest BCUT2D eigenvalue weighted by Gasteiger charge is -2.28. The van der Waals surface area contributed by atoms with E-state index in [1.807, 2.05) is 11.3 Å². The lowest BCUT2D eigenvalue weighted by molar-refractivity contribution is 0.660. The smallest absolute Gasteiger partial charge is 0.136 e. The van der Waals surface area contributed by atoms with Gasteiger partial charge in [-0.1, -0.05) is 86.6 Å². The Morgan fingerprint density at radius 3 is 2.09 bits per heavy atom. The number of furan rings is 1. The second-order valence-electron chi connectivity index (χ2n) is 13.0. The van der Waals surface area contributed by atoms with Gasteiger partial charge in [-0.3, -0.25) is 0 Å². The van der Waals surface area contributed by atoms with Crippen LogP contribution in [-0.2, 0) is 5.41 Å². The van der Waals surface area contributed by atoms with Crippen molar-refractivity contribution in [1.29, 1.82) is 0 Å². The molecule has 2 heterocycles. The molecule has 1 aliphatic carbocycles. The van der Waals surface area contributed by atoms with Crippen LogP contribution in [0.15, 0.2) is 144 Å². The van der Waals surface area contributed by atoms with Crippen LogP contribution in [-0.4, -0.2) is 0 Å². The summed E-state index contributed by atoms with van der Waals surface area (Å²) in [5.74, 6) is 0. The molecule has 0 radical (unpaired) electrons. The molecule has 0 unspecified atom stereocenters. The van der Waals surface area contributed by atoms with E-state index >= 15 is 0 Å². The summed E-state index contributed by atoms with van der Waals surface area (Å²) >= 11 is 1.87. The highest BCUT2D eigenvalue weighted by molar-refractivity contribution is 7.26. The second kappa shape index (κ2) is 9.32. The van der Waals surface area contributed by atoms with Gasteiger partial charge in [-0.05, 0) is 99.8 Å². The van der Waals surface area contributed by atoms with Crippen LogP contribution in [0.1, 0.15) is 25.0 Å².